The van der Waals surface area contributed by atoms with Crippen molar-refractivity contribution in [1.82, 2.24) is 5.16 Å². The molecule has 0 fully saturated rings. The van der Waals surface area contributed by atoms with E-state index in [-0.39, 0.29) is 22.5 Å². The fourth-order valence-corrected chi connectivity index (χ4v) is 1.08. The Morgan fingerprint density at radius 2 is 2.31 bits per heavy atom. The third-order valence-electron chi connectivity index (χ3n) is 1.66. The van der Waals surface area contributed by atoms with Crippen molar-refractivity contribution in [1.29, 1.82) is 0 Å². The molecule has 66 valence electrons. The molecule has 0 radical (unpaired) electrons. The third-order valence-corrected chi connectivity index (χ3v) is 1.66. The van der Waals surface area contributed by atoms with Gasteiger partial charge in [0.25, 0.3) is 5.88 Å². The van der Waals surface area contributed by atoms with Crippen molar-refractivity contribution in [3.63, 3.8) is 0 Å². The summed E-state index contributed by atoms with van der Waals surface area (Å²) in [5.74, 6) is -0.335. The maximum absolute atomic E-state index is 10.5. The second-order valence-electron chi connectivity index (χ2n) is 2.42. The largest absolute Gasteiger partial charge is 0.491 e. The van der Waals surface area contributed by atoms with E-state index >= 15 is 0 Å². The molecule has 0 aliphatic heterocycles. The summed E-state index contributed by atoms with van der Waals surface area (Å²) in [6.07, 6.45) is 0. The minimum atomic E-state index is -0.590. The van der Waals surface area contributed by atoms with E-state index in [1.54, 1.807) is 0 Å². The van der Waals surface area contributed by atoms with E-state index in [1.165, 1.54) is 18.2 Å². The summed E-state index contributed by atoms with van der Waals surface area (Å²) >= 11 is 0. The minimum absolute atomic E-state index is 0.00926. The van der Waals surface area contributed by atoms with Gasteiger partial charge in [0.15, 0.2) is 0 Å². The molecule has 0 spiro atoms. The Morgan fingerprint density at radius 3 is 3.00 bits per heavy atom. The van der Waals surface area contributed by atoms with E-state index in [4.69, 9.17) is 5.11 Å². The van der Waals surface area contributed by atoms with E-state index in [1.807, 2.05) is 0 Å². The predicted octanol–water partition coefficient (Wildman–Crippen LogP) is 1.44. The van der Waals surface area contributed by atoms with Crippen molar-refractivity contribution >= 4 is 16.7 Å². The number of aromatic nitrogens is 1. The van der Waals surface area contributed by atoms with Crippen LogP contribution in [-0.2, 0) is 0 Å². The molecule has 0 saturated heterocycles. The summed E-state index contributed by atoms with van der Waals surface area (Å²) < 4.78 is 4.60. The van der Waals surface area contributed by atoms with Crippen LogP contribution in [0.15, 0.2) is 22.7 Å². The first-order chi connectivity index (χ1) is 6.20. The Kier molecular flexibility index (Phi) is 1.42. The van der Waals surface area contributed by atoms with Crippen molar-refractivity contribution < 1.29 is 14.6 Å². The highest BCUT2D eigenvalue weighted by Gasteiger charge is 2.18. The van der Waals surface area contributed by atoms with Gasteiger partial charge in [0.05, 0.1) is 10.3 Å². The second kappa shape index (κ2) is 2.44. The maximum Gasteiger partial charge on any atom is 0.315 e. The summed E-state index contributed by atoms with van der Waals surface area (Å²) in [6, 6.07) is 4.23. The van der Waals surface area contributed by atoms with Crippen LogP contribution in [0.2, 0.25) is 0 Å². The first-order valence-corrected chi connectivity index (χ1v) is 3.42. The predicted molar refractivity (Wildman–Crippen MR) is 42.3 cm³/mol. The van der Waals surface area contributed by atoms with Gasteiger partial charge >= 0.3 is 5.69 Å². The number of nitro benzene ring substituents is 1. The Balaban J connectivity index is 2.84. The zero-order chi connectivity index (χ0) is 9.42. The summed E-state index contributed by atoms with van der Waals surface area (Å²) in [6.45, 7) is 0. The molecule has 2 rings (SSSR count). The van der Waals surface area contributed by atoms with Crippen LogP contribution in [0.25, 0.3) is 11.0 Å². The van der Waals surface area contributed by atoms with Gasteiger partial charge in [-0.1, -0.05) is 6.07 Å². The van der Waals surface area contributed by atoms with Gasteiger partial charge in [0.2, 0.25) is 5.58 Å². The molecule has 0 aliphatic rings. The van der Waals surface area contributed by atoms with Gasteiger partial charge in [-0.15, -0.1) is 0 Å². The molecule has 6 nitrogen and oxygen atoms in total. The second-order valence-corrected chi connectivity index (χ2v) is 2.42. The molecule has 0 amide bonds. The Morgan fingerprint density at radius 1 is 1.54 bits per heavy atom. The number of benzene rings is 1. The lowest BCUT2D eigenvalue weighted by molar-refractivity contribution is -0.383. The number of nitro groups is 1. The lowest BCUT2D eigenvalue weighted by Gasteiger charge is -1.89. The lowest BCUT2D eigenvalue weighted by Crippen LogP contribution is -1.86. The average Bonchev–Trinajstić information content (AvgIpc) is 2.48. The number of hydrogen-bond donors (Lipinski definition) is 1. The fraction of sp³-hybridized carbons (Fsp3) is 0. The number of hydrogen-bond acceptors (Lipinski definition) is 5. The molecule has 6 heteroatoms. The minimum Gasteiger partial charge on any atom is -0.491 e. The van der Waals surface area contributed by atoms with E-state index < -0.39 is 4.92 Å². The molecule has 0 saturated carbocycles. The third kappa shape index (κ3) is 0.994. The van der Waals surface area contributed by atoms with Gasteiger partial charge in [-0.25, -0.2) is 0 Å². The Labute approximate surface area is 71.5 Å². The van der Waals surface area contributed by atoms with Crippen LogP contribution in [0, 0.1) is 10.1 Å². The van der Waals surface area contributed by atoms with Gasteiger partial charge < -0.3 is 9.63 Å². The summed E-state index contributed by atoms with van der Waals surface area (Å²) in [4.78, 5) is 9.87. The molecule has 1 N–H and O–H groups in total. The van der Waals surface area contributed by atoms with Crippen LogP contribution >= 0.6 is 0 Å². The monoisotopic (exact) mass is 180 g/mol. The molecule has 1 aromatic carbocycles. The van der Waals surface area contributed by atoms with Crippen LogP contribution in [0.5, 0.6) is 5.88 Å². The van der Waals surface area contributed by atoms with Crippen LogP contribution in [0.1, 0.15) is 0 Å². The maximum atomic E-state index is 10.5. The first kappa shape index (κ1) is 7.53. The van der Waals surface area contributed by atoms with Crippen molar-refractivity contribution in [2.24, 2.45) is 0 Å². The van der Waals surface area contributed by atoms with Crippen molar-refractivity contribution in [3.05, 3.63) is 28.3 Å². The van der Waals surface area contributed by atoms with E-state index in [0.29, 0.717) is 0 Å². The van der Waals surface area contributed by atoms with Crippen molar-refractivity contribution in [3.8, 4) is 5.88 Å². The number of rotatable bonds is 1. The van der Waals surface area contributed by atoms with Crippen LogP contribution in [0.3, 0.4) is 0 Å². The molecule has 13 heavy (non-hydrogen) atoms. The first-order valence-electron chi connectivity index (χ1n) is 3.42. The number of fused-ring (bicyclic) bond motifs is 1. The van der Waals surface area contributed by atoms with Gasteiger partial charge in [0.1, 0.15) is 0 Å². The topological polar surface area (TPSA) is 89.4 Å². The van der Waals surface area contributed by atoms with Crippen LogP contribution in [0.4, 0.5) is 5.69 Å². The Bertz CT molecular complexity index is 476. The van der Waals surface area contributed by atoms with E-state index in [9.17, 15) is 10.1 Å². The smallest absolute Gasteiger partial charge is 0.315 e. The van der Waals surface area contributed by atoms with Gasteiger partial charge in [-0.05, 0) is 11.2 Å². The van der Waals surface area contributed by atoms with E-state index in [2.05, 4.69) is 9.68 Å². The number of aromatic hydroxyl groups is 1. The standard InChI is InChI=1S/C7H4N2O4/c10-7-4-2-1-3-5(9(11)12)6(4)13-8-7/h1-3H,(H,8,10). The molecule has 0 unspecified atom stereocenters. The quantitative estimate of drug-likeness (QED) is 0.529. The Hall–Kier alpha value is -2.11. The van der Waals surface area contributed by atoms with Gasteiger partial charge in [-0.2, -0.15) is 0 Å². The molecule has 0 aliphatic carbocycles. The highest BCUT2D eigenvalue weighted by Crippen LogP contribution is 2.30. The zero-order valence-corrected chi connectivity index (χ0v) is 6.30. The molecule has 1 aromatic heterocycles. The molecular weight excluding hydrogens is 176 g/mol. The number of non-ortho nitro benzene ring substituents is 1. The summed E-state index contributed by atoms with van der Waals surface area (Å²) in [5, 5.41) is 23.0. The summed E-state index contributed by atoms with van der Waals surface area (Å²) in [5.41, 5.74) is -0.213. The van der Waals surface area contributed by atoms with Crippen molar-refractivity contribution in [2.75, 3.05) is 0 Å². The molecular formula is C7H4N2O4. The van der Waals surface area contributed by atoms with Gasteiger partial charge in [-0.3, -0.25) is 10.1 Å². The summed E-state index contributed by atoms with van der Waals surface area (Å²) in [7, 11) is 0. The molecule has 0 bridgehead atoms. The highest BCUT2D eigenvalue weighted by atomic mass is 16.6. The highest BCUT2D eigenvalue weighted by molar-refractivity contribution is 5.88. The van der Waals surface area contributed by atoms with E-state index in [0.717, 1.165) is 0 Å². The normalized spacial score (nSPS) is 10.5. The van der Waals surface area contributed by atoms with Crippen molar-refractivity contribution in [2.45, 2.75) is 0 Å². The van der Waals surface area contributed by atoms with Crippen LogP contribution < -0.4 is 0 Å². The number of nitrogens with zero attached hydrogens (tertiary/aromatic N) is 2. The lowest BCUT2D eigenvalue weighted by atomic mass is 10.2. The fourth-order valence-electron chi connectivity index (χ4n) is 1.08. The molecule has 0 atom stereocenters. The zero-order valence-electron chi connectivity index (χ0n) is 6.30. The molecule has 1 heterocycles. The molecule has 2 aromatic rings. The average molecular weight is 180 g/mol. The SMILES string of the molecule is O=[N+]([O-])c1cccc2c(O)noc12. The van der Waals surface area contributed by atoms with Gasteiger partial charge in [0, 0.05) is 6.07 Å². The number of para-hydroxylation sites is 1. The van der Waals surface area contributed by atoms with Crippen LogP contribution in [-0.4, -0.2) is 15.2 Å².